The zero-order valence-corrected chi connectivity index (χ0v) is 19.9. The van der Waals surface area contributed by atoms with Crippen LogP contribution in [0.1, 0.15) is 26.5 Å². The van der Waals surface area contributed by atoms with Crippen molar-refractivity contribution in [2.75, 3.05) is 32.6 Å². The smallest absolute Gasteiger partial charge is 0.411 e. The quantitative estimate of drug-likeness (QED) is 0.561. The Balaban J connectivity index is 2.24. The second-order valence-corrected chi connectivity index (χ2v) is 9.91. The number of carbonyl (C=O) groups excluding carboxylic acids is 2. The molecule has 0 spiro atoms. The lowest BCUT2D eigenvalue weighted by atomic mass is 10.2. The number of thiazole rings is 1. The second-order valence-electron chi connectivity index (χ2n) is 7.59. The maximum absolute atomic E-state index is 12.6. The molecule has 29 heavy (non-hydrogen) atoms. The molecule has 2 rings (SSSR count). The van der Waals surface area contributed by atoms with Crippen molar-refractivity contribution in [3.05, 3.63) is 33.7 Å². The Morgan fingerprint density at radius 1 is 1.17 bits per heavy atom. The second kappa shape index (κ2) is 9.58. The third kappa shape index (κ3) is 6.71. The number of anilines is 1. The van der Waals surface area contributed by atoms with E-state index in [4.69, 9.17) is 9.47 Å². The van der Waals surface area contributed by atoms with E-state index in [0.717, 1.165) is 20.0 Å². The van der Waals surface area contributed by atoms with Crippen molar-refractivity contribution in [1.82, 2.24) is 9.88 Å². The molecular formula is C20H26BrN3O4S. The van der Waals surface area contributed by atoms with Gasteiger partial charge in [-0.15, -0.1) is 11.3 Å². The monoisotopic (exact) mass is 483 g/mol. The summed E-state index contributed by atoms with van der Waals surface area (Å²) in [4.78, 5) is 32.3. The van der Waals surface area contributed by atoms with E-state index in [-0.39, 0.29) is 13.1 Å². The molecule has 0 N–H and O–H groups in total. The Bertz CT molecular complexity index is 860. The van der Waals surface area contributed by atoms with Crippen LogP contribution in [0.4, 0.5) is 10.5 Å². The number of ether oxygens (including phenoxy) is 2. The molecule has 1 aromatic carbocycles. The molecule has 0 aliphatic rings. The van der Waals surface area contributed by atoms with Crippen LogP contribution in [0.5, 0.6) is 0 Å². The van der Waals surface area contributed by atoms with Crippen molar-refractivity contribution >= 4 is 45.0 Å². The van der Waals surface area contributed by atoms with Crippen LogP contribution >= 0.6 is 27.3 Å². The molecule has 1 amide bonds. The summed E-state index contributed by atoms with van der Waals surface area (Å²) >= 11 is 5.00. The van der Waals surface area contributed by atoms with Gasteiger partial charge in [-0.25, -0.2) is 9.78 Å². The number of amides is 1. The summed E-state index contributed by atoms with van der Waals surface area (Å²) in [5.74, 6) is -0.526. The first-order chi connectivity index (χ1) is 13.5. The maximum Gasteiger partial charge on any atom is 0.411 e. The molecule has 0 fully saturated rings. The highest BCUT2D eigenvalue weighted by molar-refractivity contribution is 9.11. The number of carbonyl (C=O) groups is 2. The number of aromatic nitrogens is 1. The normalized spacial score (nSPS) is 11.1. The standard InChI is InChI=1S/C20H26BrN3O4S/c1-20(2,3)28-19(26)24(12-16(25)27-6)11-15-17(21)29-18(22-15)13-7-9-14(10-8-13)23(4)5/h7-10H,11-12H2,1-6H3. The van der Waals surface area contributed by atoms with Gasteiger partial charge in [-0.2, -0.15) is 0 Å². The molecule has 158 valence electrons. The van der Waals surface area contributed by atoms with Crippen molar-refractivity contribution in [3.63, 3.8) is 0 Å². The van der Waals surface area contributed by atoms with Crippen molar-refractivity contribution in [1.29, 1.82) is 0 Å². The lowest BCUT2D eigenvalue weighted by molar-refractivity contribution is -0.142. The minimum Gasteiger partial charge on any atom is -0.468 e. The molecule has 7 nitrogen and oxygen atoms in total. The van der Waals surface area contributed by atoms with E-state index in [1.54, 1.807) is 20.8 Å². The molecule has 0 atom stereocenters. The molecule has 0 unspecified atom stereocenters. The first kappa shape index (κ1) is 23.2. The van der Waals surface area contributed by atoms with Gasteiger partial charge in [0.1, 0.15) is 17.2 Å². The summed E-state index contributed by atoms with van der Waals surface area (Å²) < 4.78 is 10.9. The van der Waals surface area contributed by atoms with Crippen LogP contribution in [-0.2, 0) is 20.8 Å². The summed E-state index contributed by atoms with van der Waals surface area (Å²) in [6.07, 6.45) is -0.598. The third-order valence-electron chi connectivity index (χ3n) is 3.82. The van der Waals surface area contributed by atoms with Crippen molar-refractivity contribution in [2.24, 2.45) is 0 Å². The molecule has 9 heteroatoms. The zero-order chi connectivity index (χ0) is 21.8. The molecule has 0 saturated carbocycles. The SMILES string of the molecule is COC(=O)CN(Cc1nc(-c2ccc(N(C)C)cc2)sc1Br)C(=O)OC(C)(C)C. The Kier molecular flexibility index (Phi) is 7.65. The fourth-order valence-corrected chi connectivity index (χ4v) is 3.85. The van der Waals surface area contributed by atoms with Gasteiger partial charge in [0.15, 0.2) is 0 Å². The summed E-state index contributed by atoms with van der Waals surface area (Å²) in [7, 11) is 5.25. The van der Waals surface area contributed by atoms with E-state index in [0.29, 0.717) is 5.69 Å². The van der Waals surface area contributed by atoms with E-state index >= 15 is 0 Å². The first-order valence-corrected chi connectivity index (χ1v) is 10.6. The van der Waals surface area contributed by atoms with Crippen LogP contribution in [0.25, 0.3) is 10.6 Å². The Hall–Kier alpha value is -2.13. The van der Waals surface area contributed by atoms with E-state index < -0.39 is 17.7 Å². The van der Waals surface area contributed by atoms with Crippen LogP contribution in [0.2, 0.25) is 0 Å². The van der Waals surface area contributed by atoms with Crippen LogP contribution in [0.3, 0.4) is 0 Å². The Labute approximate surface area is 183 Å². The van der Waals surface area contributed by atoms with Crippen LogP contribution < -0.4 is 4.90 Å². The highest BCUT2D eigenvalue weighted by Gasteiger charge is 2.26. The minimum absolute atomic E-state index is 0.122. The van der Waals surface area contributed by atoms with Crippen LogP contribution in [0, 0.1) is 0 Å². The highest BCUT2D eigenvalue weighted by atomic mass is 79.9. The Morgan fingerprint density at radius 3 is 2.31 bits per heavy atom. The topological polar surface area (TPSA) is 72.0 Å². The van der Waals surface area contributed by atoms with Gasteiger partial charge in [0.25, 0.3) is 0 Å². The highest BCUT2D eigenvalue weighted by Crippen LogP contribution is 2.33. The average molecular weight is 484 g/mol. The Morgan fingerprint density at radius 2 is 1.79 bits per heavy atom. The number of methoxy groups -OCH3 is 1. The zero-order valence-electron chi connectivity index (χ0n) is 17.5. The molecule has 1 heterocycles. The van der Waals surface area contributed by atoms with E-state index in [2.05, 4.69) is 20.9 Å². The number of hydrogen-bond donors (Lipinski definition) is 0. The van der Waals surface area contributed by atoms with Gasteiger partial charge in [-0.1, -0.05) is 0 Å². The average Bonchev–Trinajstić information content (AvgIpc) is 3.00. The van der Waals surface area contributed by atoms with Crippen LogP contribution in [-0.4, -0.2) is 55.3 Å². The van der Waals surface area contributed by atoms with Gasteiger partial charge in [-0.05, 0) is 61.0 Å². The number of benzene rings is 1. The molecule has 1 aromatic heterocycles. The molecule has 0 bridgehead atoms. The first-order valence-electron chi connectivity index (χ1n) is 8.98. The van der Waals surface area contributed by atoms with Gasteiger partial charge in [0.2, 0.25) is 0 Å². The van der Waals surface area contributed by atoms with Gasteiger partial charge >= 0.3 is 12.1 Å². The predicted molar refractivity (Wildman–Crippen MR) is 118 cm³/mol. The molecule has 2 aromatic rings. The van der Waals surface area contributed by atoms with E-state index in [9.17, 15) is 9.59 Å². The number of rotatable bonds is 6. The summed E-state index contributed by atoms with van der Waals surface area (Å²) in [6, 6.07) is 8.05. The van der Waals surface area contributed by atoms with E-state index in [1.807, 2.05) is 43.3 Å². The summed E-state index contributed by atoms with van der Waals surface area (Å²) in [5, 5.41) is 0.819. The largest absolute Gasteiger partial charge is 0.468 e. The summed E-state index contributed by atoms with van der Waals surface area (Å²) in [5.41, 5.74) is 2.05. The third-order valence-corrected chi connectivity index (χ3v) is 5.70. The fourth-order valence-electron chi connectivity index (χ4n) is 2.37. The number of halogens is 1. The lowest BCUT2D eigenvalue weighted by Gasteiger charge is -2.26. The molecule has 0 aliphatic carbocycles. The van der Waals surface area contributed by atoms with Crippen molar-refractivity contribution in [2.45, 2.75) is 32.9 Å². The predicted octanol–water partition coefficient (Wildman–Crippen LogP) is 4.55. The number of hydrogen-bond acceptors (Lipinski definition) is 7. The molecule has 0 saturated heterocycles. The maximum atomic E-state index is 12.6. The number of nitrogens with zero attached hydrogens (tertiary/aromatic N) is 3. The van der Waals surface area contributed by atoms with Crippen molar-refractivity contribution < 1.29 is 19.1 Å². The van der Waals surface area contributed by atoms with Gasteiger partial charge in [0, 0.05) is 25.3 Å². The molecule has 0 radical (unpaired) electrons. The number of esters is 1. The van der Waals surface area contributed by atoms with Crippen LogP contribution in [0.15, 0.2) is 28.1 Å². The van der Waals surface area contributed by atoms with Crippen molar-refractivity contribution in [3.8, 4) is 10.6 Å². The molecular weight excluding hydrogens is 458 g/mol. The van der Waals surface area contributed by atoms with Gasteiger partial charge < -0.3 is 14.4 Å². The summed E-state index contributed by atoms with van der Waals surface area (Å²) in [6.45, 7) is 5.22. The molecule has 0 aliphatic heterocycles. The van der Waals surface area contributed by atoms with E-state index in [1.165, 1.54) is 23.3 Å². The fraction of sp³-hybridized carbons (Fsp3) is 0.450. The van der Waals surface area contributed by atoms with Gasteiger partial charge in [-0.3, -0.25) is 9.69 Å². The minimum atomic E-state index is -0.676. The lowest BCUT2D eigenvalue weighted by Crippen LogP contribution is -2.39. The van der Waals surface area contributed by atoms with Gasteiger partial charge in [0.05, 0.1) is 23.1 Å².